The van der Waals surface area contributed by atoms with Gasteiger partial charge in [0.1, 0.15) is 31.3 Å². The first-order valence-corrected chi connectivity index (χ1v) is 26.9. The van der Waals surface area contributed by atoms with Crippen LogP contribution in [0.4, 0.5) is 34.1 Å². The van der Waals surface area contributed by atoms with Crippen LogP contribution in [0.1, 0.15) is 75.5 Å². The van der Waals surface area contributed by atoms with Gasteiger partial charge in [0.2, 0.25) is 0 Å². The number of methoxy groups -OCH3 is 2. The normalized spacial score (nSPS) is 10.5. The summed E-state index contributed by atoms with van der Waals surface area (Å²) in [5.74, 6) is -3.33. The van der Waals surface area contributed by atoms with Crippen molar-refractivity contribution in [3.63, 3.8) is 0 Å². The number of hydrogen-bond donors (Lipinski definition) is 0. The predicted molar refractivity (Wildman–Crippen MR) is 318 cm³/mol. The van der Waals surface area contributed by atoms with Gasteiger partial charge in [-0.1, -0.05) is 38.4 Å². The summed E-state index contributed by atoms with van der Waals surface area (Å²) >= 11 is 0. The van der Waals surface area contributed by atoms with E-state index in [1.54, 1.807) is 118 Å². The first kappa shape index (κ1) is 63.7. The van der Waals surface area contributed by atoms with Crippen LogP contribution in [0.5, 0.6) is 11.5 Å². The van der Waals surface area contributed by atoms with E-state index in [4.69, 9.17) is 47.4 Å². The molecule has 0 saturated heterocycles. The summed E-state index contributed by atoms with van der Waals surface area (Å²) < 4.78 is 54.0. The van der Waals surface area contributed by atoms with E-state index in [1.165, 1.54) is 14.2 Å². The topological polar surface area (TPSA) is 218 Å². The Morgan fingerprint density at radius 1 is 0.365 bits per heavy atom. The van der Waals surface area contributed by atoms with Crippen molar-refractivity contribution in [1.29, 1.82) is 0 Å². The van der Waals surface area contributed by atoms with Gasteiger partial charge >= 0.3 is 41.8 Å². The fraction of sp³-hybridized carbons (Fsp3) is 0.227. The number of nitrogens with zero attached hydrogens (tertiary/aromatic N) is 2. The minimum atomic E-state index is -0.705. The fourth-order valence-corrected chi connectivity index (χ4v) is 8.13. The van der Waals surface area contributed by atoms with Crippen LogP contribution in [-0.4, -0.2) is 109 Å². The molecule has 6 aromatic carbocycles. The maximum Gasteiger partial charge on any atom is 0.338 e. The van der Waals surface area contributed by atoms with Gasteiger partial charge in [-0.05, 0) is 160 Å². The molecule has 6 aromatic rings. The Bertz CT molecular complexity index is 3330. The number of hydrogen-bond acceptors (Lipinski definition) is 19. The lowest BCUT2D eigenvalue weighted by molar-refractivity contribution is -0.139. The van der Waals surface area contributed by atoms with Gasteiger partial charge in [0, 0.05) is 29.2 Å². The molecule has 0 radical (unpaired) electrons. The lowest BCUT2D eigenvalue weighted by atomic mass is 10.0. The minimum absolute atomic E-state index is 0.0151. The monoisotopic (exact) mass is 1160 g/mol. The fourth-order valence-electron chi connectivity index (χ4n) is 8.13. The second kappa shape index (κ2) is 31.1. The Hall–Kier alpha value is -10.4. The molecule has 0 saturated carbocycles. The van der Waals surface area contributed by atoms with Crippen LogP contribution in [0, 0.1) is 0 Å². The molecule has 0 aliphatic rings. The van der Waals surface area contributed by atoms with Gasteiger partial charge < -0.3 is 57.2 Å². The lowest BCUT2D eigenvalue weighted by Gasteiger charge is -2.28. The highest BCUT2D eigenvalue weighted by atomic mass is 16.6. The zero-order valence-electron chi connectivity index (χ0n) is 48.2. The summed E-state index contributed by atoms with van der Waals surface area (Å²) in [5.41, 5.74) is 5.65. The predicted octanol–water partition coefficient (Wildman–Crippen LogP) is 12.2. The van der Waals surface area contributed by atoms with Crippen molar-refractivity contribution in [2.45, 2.75) is 34.1 Å². The Morgan fingerprint density at radius 2 is 0.647 bits per heavy atom. The summed E-state index contributed by atoms with van der Waals surface area (Å²) in [5, 5.41) is 0. The second-order valence-corrected chi connectivity index (χ2v) is 18.2. The summed E-state index contributed by atoms with van der Waals surface area (Å²) in [6, 6.07) is 37.5. The molecule has 0 heterocycles. The molecule has 0 bridgehead atoms. The second-order valence-electron chi connectivity index (χ2n) is 18.2. The van der Waals surface area contributed by atoms with Gasteiger partial charge in [0.15, 0.2) is 0 Å². The van der Waals surface area contributed by atoms with Gasteiger partial charge in [-0.25, -0.2) is 33.6 Å². The van der Waals surface area contributed by atoms with Gasteiger partial charge in [-0.2, -0.15) is 0 Å². The number of anilines is 6. The first-order valence-electron chi connectivity index (χ1n) is 26.9. The zero-order chi connectivity index (χ0) is 61.6. The highest BCUT2D eigenvalue weighted by Crippen LogP contribution is 2.45. The van der Waals surface area contributed by atoms with Crippen molar-refractivity contribution >= 4 is 75.9 Å². The van der Waals surface area contributed by atoms with E-state index in [9.17, 15) is 33.6 Å². The smallest absolute Gasteiger partial charge is 0.338 e. The Balaban J connectivity index is 1.36. The summed E-state index contributed by atoms with van der Waals surface area (Å²) in [4.78, 5) is 92.6. The average Bonchev–Trinajstić information content (AvgIpc) is 1.70. The molecule has 19 nitrogen and oxygen atoms in total. The molecule has 85 heavy (non-hydrogen) atoms. The van der Waals surface area contributed by atoms with Crippen LogP contribution in [0.3, 0.4) is 0 Å². The van der Waals surface area contributed by atoms with E-state index >= 15 is 0 Å². The quantitative estimate of drug-likeness (QED) is 0.0177. The number of rotatable bonds is 30. The van der Waals surface area contributed by atoms with Crippen molar-refractivity contribution in [3.8, 4) is 22.6 Å². The molecule has 0 atom stereocenters. The summed E-state index contributed by atoms with van der Waals surface area (Å²) in [6.07, 6.45) is 0.340. The molecular weight excluding hydrogens is 1090 g/mol. The number of carbonyl (C=O) groups excluding carboxylic acids is 7. The first-order chi connectivity index (χ1) is 40.9. The Labute approximate surface area is 493 Å². The van der Waals surface area contributed by atoms with E-state index < -0.39 is 41.8 Å². The molecule has 0 aliphatic heterocycles. The third-order valence-corrected chi connectivity index (χ3v) is 12.4. The average molecular weight is 1160 g/mol. The summed E-state index contributed by atoms with van der Waals surface area (Å²) in [6.45, 7) is 21.4. The number of ether oxygens (including phenoxy) is 10. The van der Waals surface area contributed by atoms with Crippen LogP contribution >= 0.6 is 0 Å². The Morgan fingerprint density at radius 3 is 0.918 bits per heavy atom. The zero-order valence-corrected chi connectivity index (χ0v) is 48.2. The molecule has 442 valence electrons. The standard InChI is InChI=1S/C66H66N2O17/c1-11-78-45(8)35-36-82-63(72)46-15-25-52(26-16-46)67(53-27-17-47(18-28-53)64(73)83-39-42(5)60(69)79-12-2)56-33-23-50(37-58(56)76-9)51-24-34-57(59(38-51)77-10)68(54-29-19-48(20-30-54)65(74)84-40-43(6)61(70)80-13-3)55-31-21-49(22-32-55)66(75)85-41-44(7)62(71)81-14-4/h15-34,37-38H,5-8,11-14,35-36,39-41H2,1-4,9-10H3. The maximum atomic E-state index is 13.2. The molecule has 0 spiro atoms. The molecule has 19 heteroatoms. The van der Waals surface area contributed by atoms with Crippen molar-refractivity contribution in [1.82, 2.24) is 0 Å². The number of carbonyl (C=O) groups is 7. The highest BCUT2D eigenvalue weighted by Gasteiger charge is 2.24. The molecule has 0 amide bonds. The van der Waals surface area contributed by atoms with E-state index in [2.05, 4.69) is 26.3 Å². The van der Waals surface area contributed by atoms with Gasteiger partial charge in [-0.3, -0.25) is 0 Å². The SMILES string of the molecule is C=C(CCOC(=O)c1ccc(N(c2ccc(C(=O)OCC(=C)C(=O)OCC)cc2)c2ccc(-c3ccc(N(c4ccc(C(=O)OCC(=C)C(=O)OCC)cc4)c4ccc(C(=O)OCC(=C)C(=O)OCC)cc4)c(OC)c3)cc2OC)cc1)OCC. The highest BCUT2D eigenvalue weighted by molar-refractivity contribution is 5.96. The molecule has 6 rings (SSSR count). The molecule has 0 unspecified atom stereocenters. The maximum absolute atomic E-state index is 13.2. The third kappa shape index (κ3) is 17.1. The third-order valence-electron chi connectivity index (χ3n) is 12.4. The minimum Gasteiger partial charge on any atom is -0.499 e. The Kier molecular flexibility index (Phi) is 23.3. The molecule has 0 aliphatic carbocycles. The van der Waals surface area contributed by atoms with Crippen molar-refractivity contribution in [2.24, 2.45) is 0 Å². The van der Waals surface area contributed by atoms with Crippen LogP contribution in [0.2, 0.25) is 0 Å². The van der Waals surface area contributed by atoms with Crippen LogP contribution in [0.25, 0.3) is 11.1 Å². The molecule has 0 N–H and O–H groups in total. The van der Waals surface area contributed by atoms with E-state index in [0.717, 1.165) is 0 Å². The van der Waals surface area contributed by atoms with Crippen molar-refractivity contribution in [3.05, 3.63) is 205 Å². The number of esters is 7. The molecule has 0 aromatic heterocycles. The largest absolute Gasteiger partial charge is 0.499 e. The van der Waals surface area contributed by atoms with Crippen LogP contribution in [-0.2, 0) is 52.3 Å². The van der Waals surface area contributed by atoms with Gasteiger partial charge in [0.25, 0.3) is 0 Å². The molecule has 0 fully saturated rings. The number of benzene rings is 6. The van der Waals surface area contributed by atoms with Crippen LogP contribution < -0.4 is 19.3 Å². The van der Waals surface area contributed by atoms with Crippen molar-refractivity contribution in [2.75, 3.05) is 76.9 Å². The van der Waals surface area contributed by atoms with Crippen molar-refractivity contribution < 1.29 is 80.9 Å². The van der Waals surface area contributed by atoms with Crippen LogP contribution in [0.15, 0.2) is 182 Å². The van der Waals surface area contributed by atoms with Gasteiger partial charge in [-0.15, -0.1) is 0 Å². The van der Waals surface area contributed by atoms with E-state index in [0.29, 0.717) is 81.1 Å². The van der Waals surface area contributed by atoms with E-state index in [1.807, 2.05) is 53.1 Å². The van der Waals surface area contributed by atoms with E-state index in [-0.39, 0.29) is 79.7 Å². The summed E-state index contributed by atoms with van der Waals surface area (Å²) in [7, 11) is 3.05. The molecular formula is C66H66N2O17. The van der Waals surface area contributed by atoms with Gasteiger partial charge in [0.05, 0.1) is 103 Å². The lowest BCUT2D eigenvalue weighted by Crippen LogP contribution is -2.16.